The van der Waals surface area contributed by atoms with Gasteiger partial charge in [0.1, 0.15) is 6.04 Å². The van der Waals surface area contributed by atoms with Crippen molar-refractivity contribution in [3.63, 3.8) is 0 Å². The molecule has 0 aromatic heterocycles. The Morgan fingerprint density at radius 2 is 2.12 bits per heavy atom. The van der Waals surface area contributed by atoms with Gasteiger partial charge >= 0.3 is 5.97 Å². The Balaban J connectivity index is 4.17. The van der Waals surface area contributed by atoms with E-state index in [-0.39, 0.29) is 5.91 Å². The van der Waals surface area contributed by atoms with Crippen molar-refractivity contribution in [1.29, 1.82) is 0 Å². The molecule has 0 radical (unpaired) electrons. The van der Waals surface area contributed by atoms with E-state index in [0.717, 1.165) is 0 Å². The fourth-order valence-electron chi connectivity index (χ4n) is 0.967. The summed E-state index contributed by atoms with van der Waals surface area (Å²) in [5.74, 6) is -0.677. The van der Waals surface area contributed by atoms with Crippen LogP contribution in [0.15, 0.2) is 24.3 Å². The van der Waals surface area contributed by atoms with Crippen LogP contribution in [-0.4, -0.2) is 35.0 Å². The average Bonchev–Trinajstić information content (AvgIpc) is 2.24. The van der Waals surface area contributed by atoms with Gasteiger partial charge in [0.05, 0.1) is 0 Å². The minimum atomic E-state index is -0.998. The molecule has 0 saturated heterocycles. The maximum Gasteiger partial charge on any atom is 0.326 e. The molecule has 0 aliphatic carbocycles. The molecular weight excluding hydrogens is 226 g/mol. The predicted octanol–water partition coefficient (Wildman–Crippen LogP) is 1.44. The van der Waals surface area contributed by atoms with Crippen LogP contribution in [0.4, 0.5) is 0 Å². The van der Waals surface area contributed by atoms with Gasteiger partial charge in [0.25, 0.3) is 0 Å². The Kier molecular flexibility index (Phi) is 8.34. The molecule has 0 aliphatic heterocycles. The van der Waals surface area contributed by atoms with Crippen LogP contribution in [0.3, 0.4) is 0 Å². The zero-order valence-electron chi connectivity index (χ0n) is 9.47. The number of rotatable bonds is 7. The lowest BCUT2D eigenvalue weighted by atomic mass is 10.2. The van der Waals surface area contributed by atoms with Crippen LogP contribution in [0.25, 0.3) is 0 Å². The number of carbonyl (C=O) groups excluding carboxylic acids is 1. The summed E-state index contributed by atoms with van der Waals surface area (Å²) < 4.78 is 0. The number of aliphatic carboxylic acids is 1. The second kappa shape index (κ2) is 9.03. The molecule has 0 fully saturated rings. The van der Waals surface area contributed by atoms with Gasteiger partial charge in [-0.1, -0.05) is 18.2 Å². The van der Waals surface area contributed by atoms with Crippen molar-refractivity contribution in [2.45, 2.75) is 19.4 Å². The molecule has 1 atom stereocenters. The van der Waals surface area contributed by atoms with Crippen molar-refractivity contribution >= 4 is 23.6 Å². The van der Waals surface area contributed by atoms with Gasteiger partial charge in [-0.05, 0) is 25.4 Å². The first kappa shape index (κ1) is 14.8. The van der Waals surface area contributed by atoms with E-state index in [2.05, 4.69) is 5.32 Å². The van der Waals surface area contributed by atoms with Gasteiger partial charge in [-0.15, -0.1) is 0 Å². The normalized spacial score (nSPS) is 13.1. The Labute approximate surface area is 99.8 Å². The monoisotopic (exact) mass is 243 g/mol. The molecule has 5 heteroatoms. The molecule has 16 heavy (non-hydrogen) atoms. The van der Waals surface area contributed by atoms with Crippen molar-refractivity contribution in [3.8, 4) is 0 Å². The number of carboxylic acid groups (broad SMARTS) is 1. The smallest absolute Gasteiger partial charge is 0.326 e. The summed E-state index contributed by atoms with van der Waals surface area (Å²) in [6.45, 7) is 1.83. The third kappa shape index (κ3) is 7.11. The van der Waals surface area contributed by atoms with Crippen LogP contribution >= 0.6 is 11.8 Å². The summed E-state index contributed by atoms with van der Waals surface area (Å²) in [6.07, 6.45) is 8.70. The Bertz CT molecular complexity index is 287. The first-order valence-corrected chi connectivity index (χ1v) is 6.32. The van der Waals surface area contributed by atoms with Crippen molar-refractivity contribution in [1.82, 2.24) is 5.32 Å². The third-order valence-corrected chi connectivity index (χ3v) is 2.42. The van der Waals surface area contributed by atoms with Gasteiger partial charge in [0.2, 0.25) is 5.91 Å². The van der Waals surface area contributed by atoms with E-state index in [0.29, 0.717) is 12.2 Å². The molecule has 2 N–H and O–H groups in total. The van der Waals surface area contributed by atoms with E-state index in [1.54, 1.807) is 30.0 Å². The highest BCUT2D eigenvalue weighted by Crippen LogP contribution is 2.01. The molecule has 0 aromatic carbocycles. The first-order valence-electron chi connectivity index (χ1n) is 4.93. The van der Waals surface area contributed by atoms with Crippen LogP contribution in [0.2, 0.25) is 0 Å². The summed E-state index contributed by atoms with van der Waals surface area (Å²) in [7, 11) is 0. The van der Waals surface area contributed by atoms with E-state index in [9.17, 15) is 9.59 Å². The van der Waals surface area contributed by atoms with E-state index in [4.69, 9.17) is 5.11 Å². The number of thioether (sulfide) groups is 1. The highest BCUT2D eigenvalue weighted by Gasteiger charge is 2.17. The van der Waals surface area contributed by atoms with Crippen LogP contribution in [0.5, 0.6) is 0 Å². The minimum Gasteiger partial charge on any atom is -0.480 e. The highest BCUT2D eigenvalue weighted by molar-refractivity contribution is 7.98. The maximum atomic E-state index is 11.3. The second-order valence-electron chi connectivity index (χ2n) is 3.07. The fraction of sp³-hybridized carbons (Fsp3) is 0.455. The number of carbonyl (C=O) groups is 2. The van der Waals surface area contributed by atoms with E-state index >= 15 is 0 Å². The molecule has 0 unspecified atom stereocenters. The van der Waals surface area contributed by atoms with Crippen LogP contribution in [-0.2, 0) is 9.59 Å². The number of amides is 1. The van der Waals surface area contributed by atoms with E-state index in [1.165, 1.54) is 6.08 Å². The fourth-order valence-corrected chi connectivity index (χ4v) is 1.44. The van der Waals surface area contributed by atoms with Crippen LogP contribution in [0, 0.1) is 0 Å². The quantitative estimate of drug-likeness (QED) is 0.524. The zero-order chi connectivity index (χ0) is 12.4. The lowest BCUT2D eigenvalue weighted by Gasteiger charge is -2.11. The SMILES string of the molecule is CC=C/C=C/C(=O)N[C@H](CCSC)C(=O)O. The van der Waals surface area contributed by atoms with E-state index in [1.807, 2.05) is 13.2 Å². The second-order valence-corrected chi connectivity index (χ2v) is 4.05. The maximum absolute atomic E-state index is 11.3. The molecule has 0 spiro atoms. The topological polar surface area (TPSA) is 66.4 Å². The molecule has 0 aliphatic rings. The number of allylic oxidation sites excluding steroid dienone is 3. The Hall–Kier alpha value is -1.23. The Morgan fingerprint density at radius 3 is 2.62 bits per heavy atom. The number of carboxylic acids is 1. The van der Waals surface area contributed by atoms with Gasteiger partial charge in [-0.2, -0.15) is 11.8 Å². The molecular formula is C11H17NO3S. The summed E-state index contributed by atoms with van der Waals surface area (Å²) in [5.41, 5.74) is 0. The largest absolute Gasteiger partial charge is 0.480 e. The lowest BCUT2D eigenvalue weighted by molar-refractivity contribution is -0.141. The number of hydrogen-bond donors (Lipinski definition) is 2. The minimum absolute atomic E-state index is 0.383. The van der Waals surface area contributed by atoms with Gasteiger partial charge in [0.15, 0.2) is 0 Å². The summed E-state index contributed by atoms with van der Waals surface area (Å²) in [5, 5.41) is 11.3. The number of hydrogen-bond acceptors (Lipinski definition) is 3. The summed E-state index contributed by atoms with van der Waals surface area (Å²) in [6, 6.07) is -0.810. The molecule has 0 aromatic rings. The lowest BCUT2D eigenvalue weighted by Crippen LogP contribution is -2.40. The van der Waals surface area contributed by atoms with Crippen molar-refractivity contribution < 1.29 is 14.7 Å². The third-order valence-electron chi connectivity index (χ3n) is 1.78. The van der Waals surface area contributed by atoms with Crippen molar-refractivity contribution in [2.24, 2.45) is 0 Å². The standard InChI is InChI=1S/C11H17NO3S/c1-3-4-5-6-10(13)12-9(11(14)15)7-8-16-2/h3-6,9H,7-8H2,1-2H3,(H,12,13)(H,14,15)/b4-3?,6-5+/t9-/m1/s1. The molecule has 0 rings (SSSR count). The van der Waals surface area contributed by atoms with Crippen LogP contribution < -0.4 is 5.32 Å². The molecule has 4 nitrogen and oxygen atoms in total. The summed E-state index contributed by atoms with van der Waals surface area (Å²) >= 11 is 1.55. The van der Waals surface area contributed by atoms with Crippen LogP contribution in [0.1, 0.15) is 13.3 Å². The van der Waals surface area contributed by atoms with Gasteiger partial charge in [-0.3, -0.25) is 4.79 Å². The molecule has 0 saturated carbocycles. The van der Waals surface area contributed by atoms with Crippen molar-refractivity contribution in [3.05, 3.63) is 24.3 Å². The molecule has 0 bridgehead atoms. The highest BCUT2D eigenvalue weighted by atomic mass is 32.2. The van der Waals surface area contributed by atoms with Gasteiger partial charge < -0.3 is 10.4 Å². The predicted molar refractivity (Wildman–Crippen MR) is 66.5 cm³/mol. The molecule has 0 heterocycles. The number of nitrogens with one attached hydrogen (secondary N) is 1. The van der Waals surface area contributed by atoms with E-state index < -0.39 is 12.0 Å². The van der Waals surface area contributed by atoms with Gasteiger partial charge in [-0.25, -0.2) is 4.79 Å². The summed E-state index contributed by atoms with van der Waals surface area (Å²) in [4.78, 5) is 22.1. The zero-order valence-corrected chi connectivity index (χ0v) is 10.3. The molecule has 1 amide bonds. The first-order chi connectivity index (χ1) is 7.61. The average molecular weight is 243 g/mol. The molecule has 90 valence electrons. The van der Waals surface area contributed by atoms with Gasteiger partial charge in [0, 0.05) is 6.08 Å². The van der Waals surface area contributed by atoms with Crippen molar-refractivity contribution in [2.75, 3.05) is 12.0 Å². The Morgan fingerprint density at radius 1 is 1.44 bits per heavy atom.